The Kier molecular flexibility index (Phi) is 3.82. The van der Waals surface area contributed by atoms with E-state index in [1.54, 1.807) is 18.5 Å². The summed E-state index contributed by atoms with van der Waals surface area (Å²) in [5.41, 5.74) is 2.95. The van der Waals surface area contributed by atoms with Gasteiger partial charge in [0.25, 0.3) is 0 Å². The predicted molar refractivity (Wildman–Crippen MR) is 93.5 cm³/mol. The SMILES string of the molecule is CC(C)(C)c1[nH]ncc1C=C(C#N)C(=O)c1c[nH]c2ccccc12. The number of nitrogens with one attached hydrogen (secondary N) is 2. The van der Waals surface area contributed by atoms with Crippen LogP contribution >= 0.6 is 0 Å². The summed E-state index contributed by atoms with van der Waals surface area (Å²) in [5.74, 6) is -0.295. The Morgan fingerprint density at radius 1 is 1.29 bits per heavy atom. The number of H-pyrrole nitrogens is 2. The van der Waals surface area contributed by atoms with Gasteiger partial charge in [-0.1, -0.05) is 39.0 Å². The molecule has 0 aliphatic heterocycles. The summed E-state index contributed by atoms with van der Waals surface area (Å²) in [4.78, 5) is 15.9. The summed E-state index contributed by atoms with van der Waals surface area (Å²) in [6.45, 7) is 6.14. The number of carbonyl (C=O) groups is 1. The average molecular weight is 318 g/mol. The molecular formula is C19H18N4O. The molecule has 0 saturated carbocycles. The summed E-state index contributed by atoms with van der Waals surface area (Å²) < 4.78 is 0. The minimum Gasteiger partial charge on any atom is -0.360 e. The number of aromatic nitrogens is 3. The lowest BCUT2D eigenvalue weighted by Crippen LogP contribution is -2.13. The number of nitriles is 1. The third kappa shape index (κ3) is 2.74. The van der Waals surface area contributed by atoms with E-state index < -0.39 is 0 Å². The van der Waals surface area contributed by atoms with Crippen LogP contribution in [-0.4, -0.2) is 21.0 Å². The van der Waals surface area contributed by atoms with Gasteiger partial charge in [0.1, 0.15) is 11.6 Å². The first kappa shape index (κ1) is 15.8. The Labute approximate surface area is 140 Å². The Bertz CT molecular complexity index is 977. The topological polar surface area (TPSA) is 85.3 Å². The summed E-state index contributed by atoms with van der Waals surface area (Å²) >= 11 is 0. The highest BCUT2D eigenvalue weighted by molar-refractivity contribution is 6.19. The number of rotatable bonds is 3. The predicted octanol–water partition coefficient (Wildman–Crippen LogP) is 3.98. The fourth-order valence-corrected chi connectivity index (χ4v) is 2.71. The zero-order valence-corrected chi connectivity index (χ0v) is 13.8. The van der Waals surface area contributed by atoms with Crippen molar-refractivity contribution in [1.29, 1.82) is 5.26 Å². The van der Waals surface area contributed by atoms with E-state index in [0.717, 1.165) is 22.2 Å². The van der Waals surface area contributed by atoms with Gasteiger partial charge in [-0.05, 0) is 12.1 Å². The smallest absolute Gasteiger partial charge is 0.205 e. The number of ketones is 1. The van der Waals surface area contributed by atoms with Gasteiger partial charge in [0.05, 0.1) is 6.20 Å². The van der Waals surface area contributed by atoms with Crippen molar-refractivity contribution in [2.24, 2.45) is 0 Å². The van der Waals surface area contributed by atoms with E-state index in [2.05, 4.69) is 15.2 Å². The number of hydrogen-bond donors (Lipinski definition) is 2. The highest BCUT2D eigenvalue weighted by Gasteiger charge is 2.21. The lowest BCUT2D eigenvalue weighted by atomic mass is 9.89. The molecule has 2 heterocycles. The number of aromatic amines is 2. The van der Waals surface area contributed by atoms with Gasteiger partial charge in [0, 0.05) is 39.3 Å². The molecule has 0 saturated heterocycles. The number of allylic oxidation sites excluding steroid dienone is 1. The standard InChI is InChI=1S/C19H18N4O/c1-19(2,3)18-13(10-22-23-18)8-12(9-20)17(24)15-11-21-16-7-5-4-6-14(15)16/h4-8,10-11,21H,1-3H3,(H,22,23). The van der Waals surface area contributed by atoms with Gasteiger partial charge in [-0.3, -0.25) is 9.89 Å². The molecule has 0 fully saturated rings. The van der Waals surface area contributed by atoms with Gasteiger partial charge in [0.2, 0.25) is 5.78 Å². The number of benzene rings is 1. The molecule has 120 valence electrons. The van der Waals surface area contributed by atoms with Crippen LogP contribution in [0.2, 0.25) is 0 Å². The van der Waals surface area contributed by atoms with E-state index in [-0.39, 0.29) is 16.8 Å². The molecule has 0 unspecified atom stereocenters. The molecule has 0 spiro atoms. The second kappa shape index (κ2) is 5.82. The summed E-state index contributed by atoms with van der Waals surface area (Å²) in [6, 6.07) is 9.56. The Morgan fingerprint density at radius 3 is 2.75 bits per heavy atom. The molecule has 3 rings (SSSR count). The third-order valence-electron chi connectivity index (χ3n) is 3.92. The number of nitrogens with zero attached hydrogens (tertiary/aromatic N) is 2. The van der Waals surface area contributed by atoms with Crippen molar-refractivity contribution in [3.8, 4) is 6.07 Å². The summed E-state index contributed by atoms with van der Waals surface area (Å²) in [6.07, 6.45) is 4.90. The minimum absolute atomic E-state index is 0.0895. The number of carbonyl (C=O) groups excluding carboxylic acids is 1. The van der Waals surface area contributed by atoms with Crippen LogP contribution in [0.4, 0.5) is 0 Å². The highest BCUT2D eigenvalue weighted by atomic mass is 16.1. The Balaban J connectivity index is 2.05. The van der Waals surface area contributed by atoms with Crippen LogP contribution in [-0.2, 0) is 5.41 Å². The quantitative estimate of drug-likeness (QED) is 0.435. The summed E-state index contributed by atoms with van der Waals surface area (Å²) in [7, 11) is 0. The lowest BCUT2D eigenvalue weighted by Gasteiger charge is -2.17. The minimum atomic E-state index is -0.295. The molecule has 24 heavy (non-hydrogen) atoms. The van der Waals surface area contributed by atoms with Gasteiger partial charge in [0.15, 0.2) is 0 Å². The van der Waals surface area contributed by atoms with Gasteiger partial charge in [-0.2, -0.15) is 10.4 Å². The maximum absolute atomic E-state index is 12.8. The van der Waals surface area contributed by atoms with Crippen molar-refractivity contribution in [3.63, 3.8) is 0 Å². The molecular weight excluding hydrogens is 300 g/mol. The van der Waals surface area contributed by atoms with Crippen molar-refractivity contribution in [2.75, 3.05) is 0 Å². The Hall–Kier alpha value is -3.13. The number of Topliss-reactive ketones (excluding diaryl/α,β-unsaturated/α-hetero) is 1. The maximum Gasteiger partial charge on any atom is 0.205 e. The first-order valence-electron chi connectivity index (χ1n) is 7.68. The number of hydrogen-bond acceptors (Lipinski definition) is 3. The van der Waals surface area contributed by atoms with Gasteiger partial charge in [-0.25, -0.2) is 0 Å². The largest absolute Gasteiger partial charge is 0.360 e. The molecule has 0 bridgehead atoms. The average Bonchev–Trinajstić information content (AvgIpc) is 3.18. The molecule has 3 aromatic rings. The van der Waals surface area contributed by atoms with Crippen molar-refractivity contribution < 1.29 is 4.79 Å². The zero-order valence-electron chi connectivity index (χ0n) is 13.8. The van der Waals surface area contributed by atoms with Gasteiger partial charge in [-0.15, -0.1) is 0 Å². The van der Waals surface area contributed by atoms with Crippen molar-refractivity contribution in [3.05, 3.63) is 59.1 Å². The first-order valence-corrected chi connectivity index (χ1v) is 7.68. The van der Waals surface area contributed by atoms with Crippen LogP contribution in [0.5, 0.6) is 0 Å². The van der Waals surface area contributed by atoms with Crippen molar-refractivity contribution >= 4 is 22.8 Å². The number of para-hydroxylation sites is 1. The second-order valence-corrected chi connectivity index (χ2v) is 6.70. The summed E-state index contributed by atoms with van der Waals surface area (Å²) in [5, 5.41) is 17.3. The molecule has 5 heteroatoms. The van der Waals surface area contributed by atoms with Crippen LogP contribution in [0.25, 0.3) is 17.0 Å². The highest BCUT2D eigenvalue weighted by Crippen LogP contribution is 2.26. The molecule has 0 aliphatic carbocycles. The van der Waals surface area contributed by atoms with Gasteiger partial charge < -0.3 is 4.98 Å². The normalized spacial score (nSPS) is 12.3. The zero-order chi connectivity index (χ0) is 17.3. The maximum atomic E-state index is 12.8. The van der Waals surface area contributed by atoms with E-state index in [9.17, 15) is 10.1 Å². The molecule has 0 aliphatic rings. The van der Waals surface area contributed by atoms with E-state index in [0.29, 0.717) is 5.56 Å². The molecule has 0 atom stereocenters. The van der Waals surface area contributed by atoms with Crippen LogP contribution in [0.3, 0.4) is 0 Å². The molecule has 1 aromatic carbocycles. The molecule has 2 N–H and O–H groups in total. The molecule has 0 radical (unpaired) electrons. The Morgan fingerprint density at radius 2 is 2.04 bits per heavy atom. The van der Waals surface area contributed by atoms with Crippen LogP contribution in [0.15, 0.2) is 42.2 Å². The van der Waals surface area contributed by atoms with Crippen LogP contribution in [0, 0.1) is 11.3 Å². The molecule has 5 nitrogen and oxygen atoms in total. The fraction of sp³-hybridized carbons (Fsp3) is 0.211. The van der Waals surface area contributed by atoms with E-state index in [1.807, 2.05) is 51.1 Å². The lowest BCUT2D eigenvalue weighted by molar-refractivity contribution is 0.104. The molecule has 0 amide bonds. The van der Waals surface area contributed by atoms with E-state index in [1.165, 1.54) is 0 Å². The second-order valence-electron chi connectivity index (χ2n) is 6.70. The molecule has 2 aromatic heterocycles. The van der Waals surface area contributed by atoms with E-state index >= 15 is 0 Å². The van der Waals surface area contributed by atoms with Crippen LogP contribution in [0.1, 0.15) is 42.4 Å². The van der Waals surface area contributed by atoms with Crippen LogP contribution < -0.4 is 0 Å². The fourth-order valence-electron chi connectivity index (χ4n) is 2.71. The van der Waals surface area contributed by atoms with Gasteiger partial charge >= 0.3 is 0 Å². The third-order valence-corrected chi connectivity index (χ3v) is 3.92. The van der Waals surface area contributed by atoms with Crippen molar-refractivity contribution in [1.82, 2.24) is 15.2 Å². The monoisotopic (exact) mass is 318 g/mol. The number of fused-ring (bicyclic) bond motifs is 1. The first-order chi connectivity index (χ1) is 11.4. The van der Waals surface area contributed by atoms with Crippen molar-refractivity contribution in [2.45, 2.75) is 26.2 Å². The van der Waals surface area contributed by atoms with E-state index in [4.69, 9.17) is 0 Å².